The molecule has 3 rings (SSSR count). The van der Waals surface area contributed by atoms with Crippen LogP contribution in [0.1, 0.15) is 37.0 Å². The van der Waals surface area contributed by atoms with Crippen molar-refractivity contribution in [3.63, 3.8) is 0 Å². The molecule has 0 aliphatic carbocycles. The maximum Gasteiger partial charge on any atom is 0.0825 e. The highest BCUT2D eigenvalue weighted by atomic mass is 16.5. The zero-order chi connectivity index (χ0) is 12.5. The summed E-state index contributed by atoms with van der Waals surface area (Å²) < 4.78 is 5.95. The molecule has 1 fully saturated rings. The first-order valence-corrected chi connectivity index (χ1v) is 6.84. The quantitative estimate of drug-likeness (QED) is 0.705. The smallest absolute Gasteiger partial charge is 0.0825 e. The van der Waals surface area contributed by atoms with Crippen LogP contribution in [0.2, 0.25) is 0 Å². The topological polar surface area (TPSA) is 9.23 Å². The van der Waals surface area contributed by atoms with Crippen LogP contribution < -0.4 is 0 Å². The molecule has 1 nitrogen and oxygen atoms in total. The van der Waals surface area contributed by atoms with Crippen LogP contribution in [0.3, 0.4) is 0 Å². The molecule has 0 bridgehead atoms. The van der Waals surface area contributed by atoms with Gasteiger partial charge in [0.1, 0.15) is 0 Å². The van der Waals surface area contributed by atoms with Gasteiger partial charge >= 0.3 is 0 Å². The van der Waals surface area contributed by atoms with Gasteiger partial charge in [-0.05, 0) is 48.1 Å². The molecule has 0 saturated carbocycles. The fourth-order valence-corrected chi connectivity index (χ4v) is 2.73. The van der Waals surface area contributed by atoms with Crippen LogP contribution in [0, 0.1) is 12.8 Å². The molecular weight excluding hydrogens is 220 g/mol. The lowest BCUT2D eigenvalue weighted by Gasteiger charge is -2.27. The fourth-order valence-electron chi connectivity index (χ4n) is 2.73. The molecule has 2 atom stereocenters. The van der Waals surface area contributed by atoms with Crippen LogP contribution in [0.5, 0.6) is 0 Å². The highest BCUT2D eigenvalue weighted by molar-refractivity contribution is 5.83. The van der Waals surface area contributed by atoms with Gasteiger partial charge in [-0.15, -0.1) is 0 Å². The summed E-state index contributed by atoms with van der Waals surface area (Å²) in [5.41, 5.74) is 2.65. The van der Waals surface area contributed by atoms with Gasteiger partial charge in [-0.3, -0.25) is 0 Å². The third-order valence-electron chi connectivity index (χ3n) is 3.90. The molecular formula is C17H20O. The molecule has 0 spiro atoms. The largest absolute Gasteiger partial charge is 0.373 e. The maximum absolute atomic E-state index is 5.95. The molecule has 0 radical (unpaired) electrons. The van der Waals surface area contributed by atoms with Crippen LogP contribution in [0.25, 0.3) is 10.8 Å². The summed E-state index contributed by atoms with van der Waals surface area (Å²) >= 11 is 0. The Labute approximate surface area is 109 Å². The molecule has 2 unspecified atom stereocenters. The third-order valence-corrected chi connectivity index (χ3v) is 3.90. The molecule has 94 valence electrons. The van der Waals surface area contributed by atoms with Crippen molar-refractivity contribution in [3.05, 3.63) is 47.5 Å². The van der Waals surface area contributed by atoms with Crippen molar-refractivity contribution in [2.24, 2.45) is 5.92 Å². The normalized spacial score (nSPS) is 24.3. The second-order valence-electron chi connectivity index (χ2n) is 5.61. The monoisotopic (exact) mass is 240 g/mol. The molecule has 0 aromatic heterocycles. The Balaban J connectivity index is 1.91. The minimum Gasteiger partial charge on any atom is -0.373 e. The molecule has 1 saturated heterocycles. The number of aryl methyl sites for hydroxylation is 1. The molecule has 2 aromatic rings. The predicted octanol–water partition coefficient (Wildman–Crippen LogP) is 4.64. The lowest BCUT2D eigenvalue weighted by Crippen LogP contribution is -2.18. The van der Waals surface area contributed by atoms with E-state index in [1.807, 2.05) is 0 Å². The summed E-state index contributed by atoms with van der Waals surface area (Å²) in [6, 6.07) is 13.4. The second kappa shape index (κ2) is 4.74. The Morgan fingerprint density at radius 1 is 1.00 bits per heavy atom. The number of benzene rings is 2. The van der Waals surface area contributed by atoms with Crippen LogP contribution in [-0.4, -0.2) is 6.61 Å². The number of hydrogen-bond acceptors (Lipinski definition) is 1. The van der Waals surface area contributed by atoms with Gasteiger partial charge in [-0.25, -0.2) is 0 Å². The van der Waals surface area contributed by atoms with Crippen molar-refractivity contribution in [1.29, 1.82) is 0 Å². The molecule has 1 heteroatoms. The second-order valence-corrected chi connectivity index (χ2v) is 5.61. The Morgan fingerprint density at radius 3 is 2.56 bits per heavy atom. The first-order chi connectivity index (χ1) is 8.72. The van der Waals surface area contributed by atoms with Crippen LogP contribution in [0.4, 0.5) is 0 Å². The van der Waals surface area contributed by atoms with E-state index < -0.39 is 0 Å². The third kappa shape index (κ3) is 2.28. The number of rotatable bonds is 1. The van der Waals surface area contributed by atoms with Gasteiger partial charge in [0.25, 0.3) is 0 Å². The SMILES string of the molecule is Cc1ccc2cc(C3CCC(C)CO3)ccc2c1. The van der Waals surface area contributed by atoms with E-state index in [1.54, 1.807) is 0 Å². The summed E-state index contributed by atoms with van der Waals surface area (Å²) in [6.07, 6.45) is 2.72. The first-order valence-electron chi connectivity index (χ1n) is 6.84. The van der Waals surface area contributed by atoms with Gasteiger partial charge in [-0.1, -0.05) is 42.8 Å². The Hall–Kier alpha value is -1.34. The highest BCUT2D eigenvalue weighted by Crippen LogP contribution is 2.32. The van der Waals surface area contributed by atoms with E-state index in [0.717, 1.165) is 13.0 Å². The average Bonchev–Trinajstić information content (AvgIpc) is 2.39. The summed E-state index contributed by atoms with van der Waals surface area (Å²) in [6.45, 7) is 5.30. The lowest BCUT2D eigenvalue weighted by molar-refractivity contribution is -0.0123. The highest BCUT2D eigenvalue weighted by Gasteiger charge is 2.20. The predicted molar refractivity (Wildman–Crippen MR) is 75.8 cm³/mol. The van der Waals surface area contributed by atoms with E-state index in [0.29, 0.717) is 12.0 Å². The zero-order valence-electron chi connectivity index (χ0n) is 11.1. The number of fused-ring (bicyclic) bond motifs is 1. The maximum atomic E-state index is 5.95. The summed E-state index contributed by atoms with van der Waals surface area (Å²) in [4.78, 5) is 0. The van der Waals surface area contributed by atoms with Gasteiger partial charge in [-0.2, -0.15) is 0 Å². The molecule has 18 heavy (non-hydrogen) atoms. The lowest BCUT2D eigenvalue weighted by atomic mass is 9.94. The summed E-state index contributed by atoms with van der Waals surface area (Å²) in [7, 11) is 0. The Kier molecular flexibility index (Phi) is 3.09. The van der Waals surface area contributed by atoms with E-state index in [4.69, 9.17) is 4.74 Å². The molecule has 1 aliphatic rings. The zero-order valence-corrected chi connectivity index (χ0v) is 11.1. The van der Waals surface area contributed by atoms with Crippen molar-refractivity contribution in [3.8, 4) is 0 Å². The Bertz CT molecular complexity index is 551. The minimum absolute atomic E-state index is 0.298. The molecule has 0 amide bonds. The standard InChI is InChI=1S/C17H20O/c1-12-3-5-15-10-16(7-6-14(15)9-12)17-8-4-13(2)11-18-17/h3,5-7,9-10,13,17H,4,8,11H2,1-2H3. The van der Waals surface area contributed by atoms with Crippen molar-refractivity contribution >= 4 is 10.8 Å². The van der Waals surface area contributed by atoms with Crippen LogP contribution in [0.15, 0.2) is 36.4 Å². The van der Waals surface area contributed by atoms with Crippen molar-refractivity contribution in [2.45, 2.75) is 32.8 Å². The molecule has 1 heterocycles. The Morgan fingerprint density at radius 2 is 1.78 bits per heavy atom. The first kappa shape index (κ1) is 11.7. The van der Waals surface area contributed by atoms with Crippen LogP contribution in [-0.2, 0) is 4.74 Å². The van der Waals surface area contributed by atoms with Gasteiger partial charge in [0, 0.05) is 6.61 Å². The molecule has 2 aromatic carbocycles. The van der Waals surface area contributed by atoms with Crippen molar-refractivity contribution in [2.75, 3.05) is 6.61 Å². The summed E-state index contributed by atoms with van der Waals surface area (Å²) in [5.74, 6) is 0.712. The number of hydrogen-bond donors (Lipinski definition) is 0. The van der Waals surface area contributed by atoms with Crippen LogP contribution >= 0.6 is 0 Å². The van der Waals surface area contributed by atoms with E-state index in [2.05, 4.69) is 50.2 Å². The molecule has 1 aliphatic heterocycles. The van der Waals surface area contributed by atoms with Gasteiger partial charge in [0.15, 0.2) is 0 Å². The minimum atomic E-state index is 0.298. The average molecular weight is 240 g/mol. The van der Waals surface area contributed by atoms with Crippen molar-refractivity contribution in [1.82, 2.24) is 0 Å². The van der Waals surface area contributed by atoms with E-state index in [9.17, 15) is 0 Å². The van der Waals surface area contributed by atoms with Gasteiger partial charge in [0.05, 0.1) is 6.10 Å². The van der Waals surface area contributed by atoms with E-state index >= 15 is 0 Å². The van der Waals surface area contributed by atoms with Gasteiger partial charge in [0.2, 0.25) is 0 Å². The molecule has 0 N–H and O–H groups in total. The number of ether oxygens (including phenoxy) is 1. The fraction of sp³-hybridized carbons (Fsp3) is 0.412. The van der Waals surface area contributed by atoms with E-state index in [-0.39, 0.29) is 0 Å². The van der Waals surface area contributed by atoms with E-state index in [1.165, 1.54) is 28.3 Å². The van der Waals surface area contributed by atoms with Crippen molar-refractivity contribution < 1.29 is 4.74 Å². The summed E-state index contributed by atoms with van der Waals surface area (Å²) in [5, 5.41) is 2.64. The van der Waals surface area contributed by atoms with Gasteiger partial charge < -0.3 is 4.74 Å².